The van der Waals surface area contributed by atoms with Crippen molar-refractivity contribution in [3.05, 3.63) is 132 Å². The zero-order chi connectivity index (χ0) is 28.5. The smallest absolute Gasteiger partial charge is 0.158 e. The average molecular weight is 553 g/mol. The second-order valence-corrected chi connectivity index (χ2v) is 11.1. The molecule has 1 aliphatic heterocycles. The molecule has 0 fully saturated rings. The van der Waals surface area contributed by atoms with E-state index in [-0.39, 0.29) is 0 Å². The average Bonchev–Trinajstić information content (AvgIpc) is 3.43. The highest BCUT2D eigenvalue weighted by atomic mass is 16.5. The minimum atomic E-state index is 0.679. The van der Waals surface area contributed by atoms with Crippen molar-refractivity contribution in [1.29, 1.82) is 0 Å². The summed E-state index contributed by atoms with van der Waals surface area (Å²) in [4.78, 5) is 4.67. The summed E-state index contributed by atoms with van der Waals surface area (Å²) in [6.07, 6.45) is 19.2. The van der Waals surface area contributed by atoms with Crippen molar-refractivity contribution in [1.82, 2.24) is 0 Å². The molecule has 0 saturated heterocycles. The van der Waals surface area contributed by atoms with Gasteiger partial charge < -0.3 is 19.0 Å². The zero-order valence-electron chi connectivity index (χ0n) is 24.2. The van der Waals surface area contributed by atoms with E-state index in [0.717, 1.165) is 89.8 Å². The number of unbranched alkanes of at least 4 members (excludes halogenated alkanes) is 1. The number of rotatable bonds is 8. The first kappa shape index (κ1) is 26.2. The number of furan rings is 1. The number of aryl methyl sites for hydroxylation is 1. The van der Waals surface area contributed by atoms with Gasteiger partial charge >= 0.3 is 0 Å². The molecular weight excluding hydrogens is 516 g/mol. The molecule has 0 saturated carbocycles. The Labute approximate surface area is 248 Å². The number of ether oxygens (including phenoxy) is 1. The van der Waals surface area contributed by atoms with E-state index in [1.807, 2.05) is 6.08 Å². The predicted octanol–water partition coefficient (Wildman–Crippen LogP) is 10.5. The Balaban J connectivity index is 1.38. The van der Waals surface area contributed by atoms with Gasteiger partial charge in [-0.1, -0.05) is 74.6 Å². The molecule has 3 aromatic carbocycles. The Morgan fingerprint density at radius 2 is 1.88 bits per heavy atom. The molecule has 0 radical (unpaired) electrons. The van der Waals surface area contributed by atoms with Crippen LogP contribution >= 0.6 is 0 Å². The van der Waals surface area contributed by atoms with Crippen molar-refractivity contribution in [3.8, 4) is 5.75 Å². The first-order chi connectivity index (χ1) is 20.7. The number of allylic oxidation sites excluding steroid dienone is 4. The molecule has 1 aromatic heterocycles. The van der Waals surface area contributed by atoms with Crippen LogP contribution in [0.1, 0.15) is 50.4 Å². The van der Waals surface area contributed by atoms with E-state index in [9.17, 15) is 0 Å². The molecule has 4 aromatic rings. The molecule has 0 atom stereocenters. The van der Waals surface area contributed by atoms with Crippen molar-refractivity contribution >= 4 is 39.8 Å². The minimum Gasteiger partial charge on any atom is -0.454 e. The molecular formula is C38H36N2O2. The van der Waals surface area contributed by atoms with Crippen molar-refractivity contribution in [2.45, 2.75) is 45.4 Å². The monoisotopic (exact) mass is 552 g/mol. The fourth-order valence-electron chi connectivity index (χ4n) is 6.21. The standard InChI is InChI=1S/C38H36N2O2/c1-3-5-14-27(4-2)26-39(34-20-13-18-31-30-17-9-11-21-35(30)42-38(31)34)29-23-24-33-37(25-29)41-36-22-12-10-19-32(36)40(33)28-15-7-6-8-16-28/h4,6-8,11,13-16,18-25H,2-3,5,9-10,12,17,26H2,1H3/b27-14-. The lowest BCUT2D eigenvalue weighted by molar-refractivity contribution is 0.417. The van der Waals surface area contributed by atoms with Crippen LogP contribution in [-0.2, 0) is 6.42 Å². The van der Waals surface area contributed by atoms with Gasteiger partial charge in [-0.3, -0.25) is 0 Å². The molecule has 0 unspecified atom stereocenters. The van der Waals surface area contributed by atoms with E-state index >= 15 is 0 Å². The normalized spacial score (nSPS) is 15.7. The Kier molecular flexibility index (Phi) is 7.05. The Hall–Kier alpha value is -4.70. The van der Waals surface area contributed by atoms with Gasteiger partial charge in [0.15, 0.2) is 11.3 Å². The molecule has 210 valence electrons. The molecule has 0 bridgehead atoms. The largest absolute Gasteiger partial charge is 0.454 e. The third kappa shape index (κ3) is 4.67. The molecule has 0 N–H and O–H groups in total. The van der Waals surface area contributed by atoms with Crippen LogP contribution in [0.25, 0.3) is 17.0 Å². The van der Waals surface area contributed by atoms with Gasteiger partial charge in [-0.15, -0.1) is 0 Å². The van der Waals surface area contributed by atoms with Gasteiger partial charge in [0.25, 0.3) is 0 Å². The lowest BCUT2D eigenvalue weighted by atomic mass is 10.0. The lowest BCUT2D eigenvalue weighted by Gasteiger charge is -2.37. The van der Waals surface area contributed by atoms with E-state index in [1.54, 1.807) is 0 Å². The maximum Gasteiger partial charge on any atom is 0.158 e. The summed E-state index contributed by atoms with van der Waals surface area (Å²) in [7, 11) is 0. The van der Waals surface area contributed by atoms with Gasteiger partial charge in [0.05, 0.1) is 17.1 Å². The highest BCUT2D eigenvalue weighted by Crippen LogP contribution is 2.48. The topological polar surface area (TPSA) is 28.9 Å². The Bertz CT molecular complexity index is 1770. The van der Waals surface area contributed by atoms with Crippen molar-refractivity contribution in [3.63, 3.8) is 0 Å². The van der Waals surface area contributed by atoms with E-state index in [4.69, 9.17) is 9.15 Å². The van der Waals surface area contributed by atoms with Gasteiger partial charge in [-0.05, 0) is 80.2 Å². The summed E-state index contributed by atoms with van der Waals surface area (Å²) >= 11 is 0. The number of benzene rings is 3. The molecule has 3 aliphatic rings. The highest BCUT2D eigenvalue weighted by molar-refractivity contribution is 5.96. The second-order valence-electron chi connectivity index (χ2n) is 11.1. The molecule has 4 heteroatoms. The number of para-hydroxylation sites is 2. The van der Waals surface area contributed by atoms with Crippen LogP contribution in [0.4, 0.5) is 22.7 Å². The second kappa shape index (κ2) is 11.3. The van der Waals surface area contributed by atoms with E-state index < -0.39 is 0 Å². The third-order valence-electron chi connectivity index (χ3n) is 8.31. The summed E-state index contributed by atoms with van der Waals surface area (Å²) in [5.41, 5.74) is 8.79. The van der Waals surface area contributed by atoms with Gasteiger partial charge in [0.1, 0.15) is 11.5 Å². The first-order valence-corrected chi connectivity index (χ1v) is 15.1. The predicted molar refractivity (Wildman–Crippen MR) is 175 cm³/mol. The summed E-state index contributed by atoms with van der Waals surface area (Å²) in [6.45, 7) is 7.04. The SMILES string of the molecule is C=C/C(=C/CCC)CN(c1ccc2c(c1)OC1=CCCC=C1N2c1ccccc1)c1cccc2c3c(oc12)C=CCC3. The van der Waals surface area contributed by atoms with Crippen LogP contribution in [0, 0.1) is 0 Å². The quantitative estimate of drug-likeness (QED) is 0.203. The summed E-state index contributed by atoms with van der Waals surface area (Å²) in [5.74, 6) is 2.74. The Morgan fingerprint density at radius 1 is 1.00 bits per heavy atom. The van der Waals surface area contributed by atoms with Gasteiger partial charge in [0, 0.05) is 34.9 Å². The maximum absolute atomic E-state index is 6.62. The zero-order valence-corrected chi connectivity index (χ0v) is 24.2. The molecule has 0 spiro atoms. The van der Waals surface area contributed by atoms with E-state index in [0.29, 0.717) is 6.54 Å². The van der Waals surface area contributed by atoms with Gasteiger partial charge in [0.2, 0.25) is 0 Å². The summed E-state index contributed by atoms with van der Waals surface area (Å²) in [5, 5.41) is 1.20. The van der Waals surface area contributed by atoms with Crippen LogP contribution in [0.5, 0.6) is 5.75 Å². The van der Waals surface area contributed by atoms with Crippen molar-refractivity contribution in [2.24, 2.45) is 0 Å². The number of hydrogen-bond acceptors (Lipinski definition) is 4. The van der Waals surface area contributed by atoms with Crippen LogP contribution < -0.4 is 14.5 Å². The van der Waals surface area contributed by atoms with Crippen LogP contribution in [0.3, 0.4) is 0 Å². The van der Waals surface area contributed by atoms with Crippen molar-refractivity contribution < 1.29 is 9.15 Å². The molecule has 42 heavy (non-hydrogen) atoms. The minimum absolute atomic E-state index is 0.679. The third-order valence-corrected chi connectivity index (χ3v) is 8.31. The van der Waals surface area contributed by atoms with E-state index in [2.05, 4.69) is 120 Å². The molecule has 0 amide bonds. The number of hydrogen-bond donors (Lipinski definition) is 0. The van der Waals surface area contributed by atoms with Crippen LogP contribution in [0.2, 0.25) is 0 Å². The number of fused-ring (bicyclic) bond motifs is 5. The fourth-order valence-corrected chi connectivity index (χ4v) is 6.21. The van der Waals surface area contributed by atoms with Crippen molar-refractivity contribution in [2.75, 3.05) is 16.3 Å². The van der Waals surface area contributed by atoms with Gasteiger partial charge in [-0.2, -0.15) is 0 Å². The highest BCUT2D eigenvalue weighted by Gasteiger charge is 2.30. The molecule has 4 nitrogen and oxygen atoms in total. The Morgan fingerprint density at radius 3 is 2.74 bits per heavy atom. The van der Waals surface area contributed by atoms with E-state index in [1.165, 1.54) is 16.5 Å². The lowest BCUT2D eigenvalue weighted by Crippen LogP contribution is -2.27. The molecule has 2 heterocycles. The fraction of sp³-hybridized carbons (Fsp3) is 0.211. The molecule has 7 rings (SSSR count). The maximum atomic E-state index is 6.62. The van der Waals surface area contributed by atoms with Crippen LogP contribution in [0.15, 0.2) is 125 Å². The number of nitrogens with zero attached hydrogens (tertiary/aromatic N) is 2. The first-order valence-electron chi connectivity index (χ1n) is 15.1. The number of anilines is 4. The molecule has 2 aliphatic carbocycles. The van der Waals surface area contributed by atoms with Crippen LogP contribution in [-0.4, -0.2) is 6.54 Å². The van der Waals surface area contributed by atoms with Gasteiger partial charge in [-0.25, -0.2) is 0 Å². The summed E-state index contributed by atoms with van der Waals surface area (Å²) in [6, 6.07) is 23.6. The summed E-state index contributed by atoms with van der Waals surface area (Å²) < 4.78 is 13.2.